The molecule has 0 aliphatic rings. The normalized spacial score (nSPS) is 11.2. The van der Waals surface area contributed by atoms with E-state index < -0.39 is 5.97 Å². The number of benzene rings is 2. The molecular weight excluding hydrogens is 375 g/mol. The average molecular weight is 385 g/mol. The van der Waals surface area contributed by atoms with Gasteiger partial charge in [-0.15, -0.1) is 0 Å². The van der Waals surface area contributed by atoms with Crippen molar-refractivity contribution in [2.75, 3.05) is 0 Å². The number of carbonyl (C=O) groups excluding carboxylic acids is 1. The van der Waals surface area contributed by atoms with Crippen molar-refractivity contribution in [1.82, 2.24) is 9.55 Å². The molecule has 0 saturated carbocycles. The molecular formula is C19H10Cl2N2O3. The average Bonchev–Trinajstić information content (AvgIpc) is 2.94. The van der Waals surface area contributed by atoms with E-state index in [2.05, 4.69) is 4.98 Å². The topological polar surface area (TPSA) is 72.2 Å². The van der Waals surface area contributed by atoms with Gasteiger partial charge < -0.3 is 5.11 Å². The maximum atomic E-state index is 13.2. The minimum atomic E-state index is -1.03. The van der Waals surface area contributed by atoms with Crippen molar-refractivity contribution in [2.45, 2.75) is 0 Å². The number of rotatable bonds is 2. The van der Waals surface area contributed by atoms with E-state index in [1.165, 1.54) is 22.8 Å². The Hall–Kier alpha value is -2.89. The molecule has 0 atom stereocenters. The van der Waals surface area contributed by atoms with E-state index in [-0.39, 0.29) is 11.5 Å². The Morgan fingerprint density at radius 2 is 1.62 bits per heavy atom. The van der Waals surface area contributed by atoms with Crippen LogP contribution < -0.4 is 0 Å². The molecule has 128 valence electrons. The predicted octanol–water partition coefficient (Wildman–Crippen LogP) is 4.88. The summed E-state index contributed by atoms with van der Waals surface area (Å²) in [6.45, 7) is 0. The third-order valence-electron chi connectivity index (χ3n) is 4.13. The van der Waals surface area contributed by atoms with Gasteiger partial charge >= 0.3 is 5.97 Å². The van der Waals surface area contributed by atoms with E-state index in [0.29, 0.717) is 32.0 Å². The molecule has 0 bridgehead atoms. The van der Waals surface area contributed by atoms with Gasteiger partial charge in [0.15, 0.2) is 0 Å². The van der Waals surface area contributed by atoms with Crippen molar-refractivity contribution in [2.24, 2.45) is 0 Å². The summed E-state index contributed by atoms with van der Waals surface area (Å²) in [7, 11) is 0. The van der Waals surface area contributed by atoms with Crippen LogP contribution in [0.15, 0.2) is 54.9 Å². The van der Waals surface area contributed by atoms with Gasteiger partial charge in [0.2, 0.25) is 0 Å². The fourth-order valence-electron chi connectivity index (χ4n) is 3.03. The summed E-state index contributed by atoms with van der Waals surface area (Å²) in [5, 5.41) is 11.4. The summed E-state index contributed by atoms with van der Waals surface area (Å²) < 4.78 is 1.49. The molecule has 1 N–H and O–H groups in total. The van der Waals surface area contributed by atoms with Gasteiger partial charge in [-0.3, -0.25) is 14.3 Å². The molecule has 0 spiro atoms. The monoisotopic (exact) mass is 384 g/mol. The number of carbonyl (C=O) groups is 2. The Labute approximate surface area is 157 Å². The highest BCUT2D eigenvalue weighted by Crippen LogP contribution is 2.31. The number of fused-ring (bicyclic) bond motifs is 3. The maximum Gasteiger partial charge on any atom is 0.335 e. The van der Waals surface area contributed by atoms with Crippen molar-refractivity contribution in [1.29, 1.82) is 0 Å². The molecule has 0 fully saturated rings. The van der Waals surface area contributed by atoms with Gasteiger partial charge in [-0.2, -0.15) is 0 Å². The van der Waals surface area contributed by atoms with Crippen LogP contribution in [0.25, 0.3) is 21.8 Å². The highest BCUT2D eigenvalue weighted by Gasteiger charge is 2.19. The zero-order valence-electron chi connectivity index (χ0n) is 13.1. The minimum Gasteiger partial charge on any atom is -0.478 e. The number of carboxylic acid groups (broad SMARTS) is 1. The second-order valence-corrected chi connectivity index (χ2v) is 6.60. The largest absolute Gasteiger partial charge is 0.478 e. The number of carboxylic acids is 1. The Morgan fingerprint density at radius 1 is 0.885 bits per heavy atom. The molecule has 2 aromatic carbocycles. The van der Waals surface area contributed by atoms with Crippen molar-refractivity contribution in [3.05, 3.63) is 76.0 Å². The number of nitrogens with zero attached hydrogens (tertiary/aromatic N) is 2. The Bertz CT molecular complexity index is 1190. The van der Waals surface area contributed by atoms with Crippen LogP contribution >= 0.6 is 23.2 Å². The fourth-order valence-corrected chi connectivity index (χ4v) is 3.55. The van der Waals surface area contributed by atoms with Crippen LogP contribution in [0.5, 0.6) is 0 Å². The van der Waals surface area contributed by atoms with Gasteiger partial charge in [-0.1, -0.05) is 23.2 Å². The van der Waals surface area contributed by atoms with Gasteiger partial charge in [0.1, 0.15) is 0 Å². The molecule has 0 aliphatic carbocycles. The SMILES string of the molecule is O=C(O)c1ccc2c(c1)c1ccncc1n2C(=O)c1cc(Cl)cc(Cl)c1. The van der Waals surface area contributed by atoms with Gasteiger partial charge in [-0.05, 0) is 42.5 Å². The molecule has 0 radical (unpaired) electrons. The molecule has 5 nitrogen and oxygen atoms in total. The number of aromatic carboxylic acids is 1. The number of hydrogen-bond donors (Lipinski definition) is 1. The van der Waals surface area contributed by atoms with E-state index in [1.54, 1.807) is 36.7 Å². The smallest absolute Gasteiger partial charge is 0.335 e. The van der Waals surface area contributed by atoms with Crippen LogP contribution in [-0.4, -0.2) is 26.5 Å². The van der Waals surface area contributed by atoms with E-state index >= 15 is 0 Å². The molecule has 2 aromatic heterocycles. The first kappa shape index (κ1) is 16.6. The summed E-state index contributed by atoms with van der Waals surface area (Å²) in [6, 6.07) is 11.0. The summed E-state index contributed by atoms with van der Waals surface area (Å²) in [6.07, 6.45) is 3.17. The number of aromatic nitrogens is 2. The van der Waals surface area contributed by atoms with Crippen LogP contribution in [0.1, 0.15) is 20.7 Å². The summed E-state index contributed by atoms with van der Waals surface area (Å²) in [5.74, 6) is -1.36. The Kier molecular flexibility index (Phi) is 3.90. The molecule has 4 rings (SSSR count). The van der Waals surface area contributed by atoms with Crippen molar-refractivity contribution in [3.8, 4) is 0 Å². The molecule has 0 unspecified atom stereocenters. The quantitative estimate of drug-likeness (QED) is 0.534. The first-order valence-corrected chi connectivity index (χ1v) is 8.33. The van der Waals surface area contributed by atoms with Crippen molar-refractivity contribution >= 4 is 56.9 Å². The third kappa shape index (κ3) is 2.62. The number of hydrogen-bond acceptors (Lipinski definition) is 3. The minimum absolute atomic E-state index is 0.145. The van der Waals surface area contributed by atoms with E-state index in [9.17, 15) is 14.7 Å². The van der Waals surface area contributed by atoms with Gasteiger partial charge in [0, 0.05) is 32.6 Å². The molecule has 26 heavy (non-hydrogen) atoms. The van der Waals surface area contributed by atoms with E-state index in [4.69, 9.17) is 23.2 Å². The lowest BCUT2D eigenvalue weighted by Crippen LogP contribution is -2.12. The number of pyridine rings is 1. The van der Waals surface area contributed by atoms with Crippen molar-refractivity contribution < 1.29 is 14.7 Å². The zero-order chi connectivity index (χ0) is 18.4. The van der Waals surface area contributed by atoms with Crippen LogP contribution in [0.3, 0.4) is 0 Å². The fraction of sp³-hybridized carbons (Fsp3) is 0. The first-order valence-electron chi connectivity index (χ1n) is 7.58. The molecule has 2 heterocycles. The van der Waals surface area contributed by atoms with Gasteiger partial charge in [0.25, 0.3) is 5.91 Å². The predicted molar refractivity (Wildman–Crippen MR) is 100 cm³/mol. The van der Waals surface area contributed by atoms with Crippen LogP contribution in [0.2, 0.25) is 10.0 Å². The summed E-state index contributed by atoms with van der Waals surface area (Å²) in [4.78, 5) is 28.6. The number of halogens is 2. The highest BCUT2D eigenvalue weighted by molar-refractivity contribution is 6.35. The lowest BCUT2D eigenvalue weighted by Gasteiger charge is -2.07. The molecule has 0 amide bonds. The van der Waals surface area contributed by atoms with E-state index in [0.717, 1.165) is 5.39 Å². The van der Waals surface area contributed by atoms with Crippen LogP contribution in [-0.2, 0) is 0 Å². The molecule has 0 aliphatic heterocycles. The van der Waals surface area contributed by atoms with Crippen LogP contribution in [0.4, 0.5) is 0 Å². The lowest BCUT2D eigenvalue weighted by atomic mass is 10.1. The van der Waals surface area contributed by atoms with Crippen LogP contribution in [0, 0.1) is 0 Å². The molecule has 0 saturated heterocycles. The van der Waals surface area contributed by atoms with Crippen molar-refractivity contribution in [3.63, 3.8) is 0 Å². The first-order chi connectivity index (χ1) is 12.5. The Morgan fingerprint density at radius 3 is 2.31 bits per heavy atom. The zero-order valence-corrected chi connectivity index (χ0v) is 14.6. The Balaban J connectivity index is 2.04. The molecule has 7 heteroatoms. The standard InChI is InChI=1S/C19H10Cl2N2O3/c20-12-5-11(6-13(21)8-12)18(24)23-16-2-1-10(19(25)26)7-15(16)14-3-4-22-9-17(14)23/h1-9H,(H,25,26). The molecule has 4 aromatic rings. The highest BCUT2D eigenvalue weighted by atomic mass is 35.5. The summed E-state index contributed by atoms with van der Waals surface area (Å²) >= 11 is 12.0. The maximum absolute atomic E-state index is 13.2. The van der Waals surface area contributed by atoms with Gasteiger partial charge in [0.05, 0.1) is 22.8 Å². The second-order valence-electron chi connectivity index (χ2n) is 5.73. The lowest BCUT2D eigenvalue weighted by molar-refractivity contribution is 0.0697. The third-order valence-corrected chi connectivity index (χ3v) is 4.56. The summed E-state index contributed by atoms with van der Waals surface area (Å²) in [5.41, 5.74) is 1.63. The van der Waals surface area contributed by atoms with E-state index in [1.807, 2.05) is 0 Å². The van der Waals surface area contributed by atoms with Gasteiger partial charge in [-0.25, -0.2) is 4.79 Å². The second kappa shape index (κ2) is 6.12.